The molecule has 0 radical (unpaired) electrons. The smallest absolute Gasteiger partial charge is 0.261 e. The van der Waals surface area contributed by atoms with Crippen molar-refractivity contribution in [2.75, 3.05) is 0 Å². The van der Waals surface area contributed by atoms with Crippen LogP contribution in [0.3, 0.4) is 0 Å². The molecular weight excluding hydrogens is 266 g/mol. The number of carbonyl (C=O) groups is 1. The Hall–Kier alpha value is -1.61. The summed E-state index contributed by atoms with van der Waals surface area (Å²) in [5, 5.41) is 3.09. The summed E-state index contributed by atoms with van der Waals surface area (Å²) in [5.74, 6) is 0.0563. The summed E-state index contributed by atoms with van der Waals surface area (Å²) >= 11 is 1.67. The first-order chi connectivity index (χ1) is 9.74. The fourth-order valence-corrected chi connectivity index (χ4v) is 3.85. The normalized spacial score (nSPS) is 15.4. The summed E-state index contributed by atoms with van der Waals surface area (Å²) in [7, 11) is 0. The summed E-state index contributed by atoms with van der Waals surface area (Å²) in [6, 6.07) is 12.2. The summed E-state index contributed by atoms with van der Waals surface area (Å²) in [6.07, 6.45) is 4.79. The molecule has 1 aliphatic rings. The van der Waals surface area contributed by atoms with E-state index in [9.17, 15) is 4.79 Å². The van der Waals surface area contributed by atoms with Gasteiger partial charge in [-0.15, -0.1) is 11.3 Å². The van der Waals surface area contributed by atoms with Gasteiger partial charge in [0.2, 0.25) is 0 Å². The van der Waals surface area contributed by atoms with Crippen LogP contribution in [0.4, 0.5) is 0 Å². The highest BCUT2D eigenvalue weighted by molar-refractivity contribution is 7.14. The number of hydrogen-bond acceptors (Lipinski definition) is 2. The van der Waals surface area contributed by atoms with E-state index in [0.717, 1.165) is 23.3 Å². The number of nitrogens with one attached hydrogen (secondary N) is 1. The molecule has 2 nitrogen and oxygen atoms in total. The van der Waals surface area contributed by atoms with Gasteiger partial charge in [0.15, 0.2) is 0 Å². The van der Waals surface area contributed by atoms with E-state index in [2.05, 4.69) is 11.4 Å². The molecule has 2 aromatic rings. The van der Waals surface area contributed by atoms with Crippen LogP contribution in [0.2, 0.25) is 0 Å². The van der Waals surface area contributed by atoms with Gasteiger partial charge < -0.3 is 5.32 Å². The maximum Gasteiger partial charge on any atom is 0.261 e. The molecule has 0 bridgehead atoms. The molecule has 1 N–H and O–H groups in total. The minimum absolute atomic E-state index is 0.0443. The van der Waals surface area contributed by atoms with Crippen LogP contribution in [0.5, 0.6) is 0 Å². The van der Waals surface area contributed by atoms with Gasteiger partial charge in [0, 0.05) is 4.88 Å². The number of rotatable bonds is 3. The second-order valence-electron chi connectivity index (χ2n) is 5.37. The Morgan fingerprint density at radius 2 is 1.95 bits per heavy atom. The first-order valence-electron chi connectivity index (χ1n) is 7.21. The number of amides is 1. The van der Waals surface area contributed by atoms with Crippen LogP contribution in [0.1, 0.15) is 51.5 Å². The van der Waals surface area contributed by atoms with Crippen molar-refractivity contribution in [2.45, 2.75) is 38.6 Å². The lowest BCUT2D eigenvalue weighted by molar-refractivity contribution is 0.0944. The molecule has 0 saturated heterocycles. The molecule has 0 aliphatic heterocycles. The monoisotopic (exact) mass is 285 g/mol. The molecule has 3 heteroatoms. The van der Waals surface area contributed by atoms with Crippen molar-refractivity contribution in [1.29, 1.82) is 0 Å². The summed E-state index contributed by atoms with van der Waals surface area (Å²) in [5.41, 5.74) is 2.53. The summed E-state index contributed by atoms with van der Waals surface area (Å²) in [4.78, 5) is 14.6. The maximum absolute atomic E-state index is 12.3. The zero-order valence-electron chi connectivity index (χ0n) is 11.7. The third-order valence-electron chi connectivity index (χ3n) is 3.87. The molecule has 1 aliphatic carbocycles. The van der Waals surface area contributed by atoms with E-state index in [4.69, 9.17) is 0 Å². The number of aryl methyl sites for hydroxylation is 2. The van der Waals surface area contributed by atoms with E-state index >= 15 is 0 Å². The van der Waals surface area contributed by atoms with Crippen molar-refractivity contribution < 1.29 is 4.79 Å². The molecule has 0 saturated carbocycles. The third kappa shape index (κ3) is 2.78. The van der Waals surface area contributed by atoms with Crippen molar-refractivity contribution in [3.05, 3.63) is 57.3 Å². The maximum atomic E-state index is 12.3. The molecule has 0 spiro atoms. The van der Waals surface area contributed by atoms with Gasteiger partial charge in [-0.05, 0) is 49.8 Å². The highest BCUT2D eigenvalue weighted by atomic mass is 32.1. The SMILES string of the molecule is C[C@@H](NC(=O)c1cc2c(s1)CCCC2)c1ccccc1. The molecule has 1 aromatic heterocycles. The standard InChI is InChI=1S/C17H19NOS/c1-12(13-7-3-2-4-8-13)18-17(19)16-11-14-9-5-6-10-15(14)20-16/h2-4,7-8,11-12H,5-6,9-10H2,1H3,(H,18,19)/t12-/m1/s1. The van der Waals surface area contributed by atoms with E-state index in [1.54, 1.807) is 11.3 Å². The van der Waals surface area contributed by atoms with Crippen LogP contribution < -0.4 is 5.32 Å². The number of benzene rings is 1. The minimum Gasteiger partial charge on any atom is -0.345 e. The van der Waals surface area contributed by atoms with Gasteiger partial charge in [0.25, 0.3) is 5.91 Å². The van der Waals surface area contributed by atoms with Crippen molar-refractivity contribution in [1.82, 2.24) is 5.32 Å². The molecule has 104 valence electrons. The average molecular weight is 285 g/mol. The van der Waals surface area contributed by atoms with E-state index in [1.165, 1.54) is 23.3 Å². The van der Waals surface area contributed by atoms with Gasteiger partial charge in [0.1, 0.15) is 0 Å². The highest BCUT2D eigenvalue weighted by Gasteiger charge is 2.18. The third-order valence-corrected chi connectivity index (χ3v) is 5.10. The number of hydrogen-bond donors (Lipinski definition) is 1. The topological polar surface area (TPSA) is 29.1 Å². The van der Waals surface area contributed by atoms with Crippen LogP contribution in [0.15, 0.2) is 36.4 Å². The Balaban J connectivity index is 1.71. The van der Waals surface area contributed by atoms with Crippen LogP contribution in [-0.4, -0.2) is 5.91 Å². The highest BCUT2D eigenvalue weighted by Crippen LogP contribution is 2.29. The molecule has 1 amide bonds. The lowest BCUT2D eigenvalue weighted by atomic mass is 9.99. The number of fused-ring (bicyclic) bond motifs is 1. The number of thiophene rings is 1. The van der Waals surface area contributed by atoms with Gasteiger partial charge in [-0.3, -0.25) is 4.79 Å². The largest absolute Gasteiger partial charge is 0.345 e. The Morgan fingerprint density at radius 1 is 1.20 bits per heavy atom. The summed E-state index contributed by atoms with van der Waals surface area (Å²) in [6.45, 7) is 2.03. The van der Waals surface area contributed by atoms with E-state index in [-0.39, 0.29) is 11.9 Å². The van der Waals surface area contributed by atoms with Gasteiger partial charge in [-0.25, -0.2) is 0 Å². The van der Waals surface area contributed by atoms with Crippen LogP contribution in [-0.2, 0) is 12.8 Å². The van der Waals surface area contributed by atoms with E-state index in [0.29, 0.717) is 0 Å². The first kappa shape index (κ1) is 13.4. The quantitative estimate of drug-likeness (QED) is 0.903. The van der Waals surface area contributed by atoms with Crippen molar-refractivity contribution in [3.8, 4) is 0 Å². The lowest BCUT2D eigenvalue weighted by Gasteiger charge is -2.13. The molecule has 3 rings (SSSR count). The van der Waals surface area contributed by atoms with E-state index < -0.39 is 0 Å². The van der Waals surface area contributed by atoms with Crippen LogP contribution in [0, 0.1) is 0 Å². The Labute approximate surface area is 123 Å². The second-order valence-corrected chi connectivity index (χ2v) is 6.51. The predicted molar refractivity (Wildman–Crippen MR) is 83.3 cm³/mol. The first-order valence-corrected chi connectivity index (χ1v) is 8.03. The Kier molecular flexibility index (Phi) is 3.88. The lowest BCUT2D eigenvalue weighted by Crippen LogP contribution is -2.25. The summed E-state index contributed by atoms with van der Waals surface area (Å²) < 4.78 is 0. The molecule has 0 unspecified atom stereocenters. The Morgan fingerprint density at radius 3 is 2.70 bits per heavy atom. The van der Waals surface area contributed by atoms with Gasteiger partial charge >= 0.3 is 0 Å². The molecule has 1 heterocycles. The van der Waals surface area contributed by atoms with Gasteiger partial charge in [-0.2, -0.15) is 0 Å². The van der Waals surface area contributed by atoms with Gasteiger partial charge in [0.05, 0.1) is 10.9 Å². The van der Waals surface area contributed by atoms with Crippen molar-refractivity contribution >= 4 is 17.2 Å². The zero-order valence-corrected chi connectivity index (χ0v) is 12.5. The van der Waals surface area contributed by atoms with E-state index in [1.807, 2.05) is 37.3 Å². The van der Waals surface area contributed by atoms with Crippen LogP contribution >= 0.6 is 11.3 Å². The average Bonchev–Trinajstić information content (AvgIpc) is 2.92. The minimum atomic E-state index is 0.0443. The molecule has 1 atom stereocenters. The molecule has 1 aromatic carbocycles. The van der Waals surface area contributed by atoms with Crippen molar-refractivity contribution in [3.63, 3.8) is 0 Å². The fourth-order valence-electron chi connectivity index (χ4n) is 2.70. The number of carbonyl (C=O) groups excluding carboxylic acids is 1. The zero-order chi connectivity index (χ0) is 13.9. The molecule has 0 fully saturated rings. The molecule has 20 heavy (non-hydrogen) atoms. The second kappa shape index (κ2) is 5.80. The fraction of sp³-hybridized carbons (Fsp3) is 0.353. The van der Waals surface area contributed by atoms with Crippen LogP contribution in [0.25, 0.3) is 0 Å². The predicted octanol–water partition coefficient (Wildman–Crippen LogP) is 4.12. The van der Waals surface area contributed by atoms with Gasteiger partial charge in [-0.1, -0.05) is 30.3 Å². The Bertz CT molecular complexity index is 579. The molecular formula is C17H19NOS. The van der Waals surface area contributed by atoms with Crippen molar-refractivity contribution in [2.24, 2.45) is 0 Å².